The summed E-state index contributed by atoms with van der Waals surface area (Å²) in [6.07, 6.45) is 5.78. The van der Waals surface area contributed by atoms with Crippen molar-refractivity contribution in [3.8, 4) is 17.0 Å². The first-order valence-electron chi connectivity index (χ1n) is 9.67. The summed E-state index contributed by atoms with van der Waals surface area (Å²) in [5.41, 5.74) is 3.98. The molecule has 0 amide bonds. The number of hydrogen-bond donors (Lipinski definition) is 0. The molecule has 5 rings (SSSR count). The first-order valence-corrected chi connectivity index (χ1v) is 10.5. The molecule has 2 aliphatic rings. The average molecular weight is 420 g/mol. The van der Waals surface area contributed by atoms with Crippen LogP contribution in [-0.4, -0.2) is 31.0 Å². The van der Waals surface area contributed by atoms with Gasteiger partial charge in [-0.3, -0.25) is 14.5 Å². The molecular weight excluding hydrogens is 398 g/mol. The number of nitrogens with zero attached hydrogens (tertiary/aromatic N) is 5. The van der Waals surface area contributed by atoms with E-state index in [1.165, 1.54) is 5.56 Å². The zero-order valence-corrected chi connectivity index (χ0v) is 17.5. The molecule has 0 bridgehead atoms. The van der Waals surface area contributed by atoms with Crippen molar-refractivity contribution in [1.82, 2.24) is 19.2 Å². The number of ether oxygens (including phenoxy) is 1. The molecule has 7 nitrogen and oxygen atoms in total. The van der Waals surface area contributed by atoms with Crippen LogP contribution in [0.2, 0.25) is 0 Å². The smallest absolute Gasteiger partial charge is 0.250 e. The number of aromatic nitrogens is 3. The average Bonchev–Trinajstić information content (AvgIpc) is 3.43. The topological polar surface area (TPSA) is 64.7 Å². The highest BCUT2D eigenvalue weighted by Gasteiger charge is 2.27. The lowest BCUT2D eigenvalue weighted by atomic mass is 10.1. The molecule has 0 radical (unpaired) electrons. The van der Waals surface area contributed by atoms with E-state index in [0.29, 0.717) is 12.5 Å². The van der Waals surface area contributed by atoms with E-state index in [0.717, 1.165) is 28.4 Å². The van der Waals surface area contributed by atoms with Gasteiger partial charge in [0.2, 0.25) is 11.4 Å². The number of thioether (sulfide) groups is 1. The highest BCUT2D eigenvalue weighted by Crippen LogP contribution is 2.33. The Kier molecular flexibility index (Phi) is 4.71. The standard InChI is InChI=1S/C22H21N5O2S/c1-25-11-17(7-8-20(25)28)18-12-26(2)24-21(18)29-14-15-3-5-16(6-4-15)19-13-27-9-10-30-22(27)23-19/h3-12,19H,13-14H2,1-2H3. The third-order valence-corrected chi connectivity index (χ3v) is 6.04. The van der Waals surface area contributed by atoms with Gasteiger partial charge in [0.25, 0.3) is 0 Å². The Morgan fingerprint density at radius 1 is 1.13 bits per heavy atom. The van der Waals surface area contributed by atoms with E-state index in [-0.39, 0.29) is 11.6 Å². The van der Waals surface area contributed by atoms with Crippen LogP contribution in [0.1, 0.15) is 17.2 Å². The molecule has 1 atom stereocenters. The molecule has 2 aliphatic heterocycles. The fraction of sp³-hybridized carbons (Fsp3) is 0.227. The molecule has 152 valence electrons. The number of aliphatic imine (C=N–C) groups is 1. The summed E-state index contributed by atoms with van der Waals surface area (Å²) < 4.78 is 9.30. The van der Waals surface area contributed by atoms with Crippen LogP contribution < -0.4 is 10.3 Å². The van der Waals surface area contributed by atoms with E-state index in [9.17, 15) is 4.79 Å². The largest absolute Gasteiger partial charge is 0.471 e. The minimum absolute atomic E-state index is 0.0485. The van der Waals surface area contributed by atoms with Gasteiger partial charge >= 0.3 is 0 Å². The zero-order valence-electron chi connectivity index (χ0n) is 16.7. The molecule has 0 N–H and O–H groups in total. The summed E-state index contributed by atoms with van der Waals surface area (Å²) in [5, 5.41) is 7.59. The fourth-order valence-corrected chi connectivity index (χ4v) is 4.38. The summed E-state index contributed by atoms with van der Waals surface area (Å²) in [6, 6.07) is 11.9. The van der Waals surface area contributed by atoms with Gasteiger partial charge in [-0.25, -0.2) is 0 Å². The molecule has 0 aliphatic carbocycles. The van der Waals surface area contributed by atoms with Crippen LogP contribution >= 0.6 is 11.8 Å². The third kappa shape index (κ3) is 3.54. The Labute approximate surface area is 178 Å². The maximum atomic E-state index is 11.7. The van der Waals surface area contributed by atoms with E-state index < -0.39 is 0 Å². The van der Waals surface area contributed by atoms with Gasteiger partial charge in [-0.2, -0.15) is 0 Å². The predicted octanol–water partition coefficient (Wildman–Crippen LogP) is 3.30. The number of pyridine rings is 1. The molecule has 8 heteroatoms. The zero-order chi connectivity index (χ0) is 20.7. The van der Waals surface area contributed by atoms with Crippen molar-refractivity contribution in [1.29, 1.82) is 0 Å². The molecule has 0 spiro atoms. The first-order chi connectivity index (χ1) is 14.6. The number of fused-ring (bicyclic) bond motifs is 1. The van der Waals surface area contributed by atoms with Crippen LogP contribution in [0.25, 0.3) is 11.1 Å². The molecule has 4 heterocycles. The van der Waals surface area contributed by atoms with Gasteiger partial charge in [0, 0.05) is 44.3 Å². The Bertz CT molecular complexity index is 1210. The summed E-state index contributed by atoms with van der Waals surface area (Å²) >= 11 is 1.67. The van der Waals surface area contributed by atoms with Crippen LogP contribution in [0.3, 0.4) is 0 Å². The third-order valence-electron chi connectivity index (χ3n) is 5.23. The van der Waals surface area contributed by atoms with Crippen molar-refractivity contribution in [2.24, 2.45) is 19.1 Å². The number of amidine groups is 1. The fourth-order valence-electron chi connectivity index (χ4n) is 3.59. The monoisotopic (exact) mass is 419 g/mol. The van der Waals surface area contributed by atoms with Crippen molar-refractivity contribution in [2.75, 3.05) is 6.54 Å². The van der Waals surface area contributed by atoms with E-state index in [4.69, 9.17) is 9.73 Å². The lowest BCUT2D eigenvalue weighted by Gasteiger charge is -2.12. The number of rotatable bonds is 5. The minimum atomic E-state index is -0.0485. The highest BCUT2D eigenvalue weighted by atomic mass is 32.2. The van der Waals surface area contributed by atoms with E-state index >= 15 is 0 Å². The number of benzene rings is 1. The van der Waals surface area contributed by atoms with Crippen LogP contribution in [-0.2, 0) is 20.7 Å². The molecular formula is C22H21N5O2S. The van der Waals surface area contributed by atoms with E-state index in [1.54, 1.807) is 46.4 Å². The first kappa shape index (κ1) is 18.7. The second-order valence-corrected chi connectivity index (χ2v) is 8.27. The summed E-state index contributed by atoms with van der Waals surface area (Å²) in [7, 11) is 3.59. The Morgan fingerprint density at radius 3 is 2.73 bits per heavy atom. The van der Waals surface area contributed by atoms with Crippen LogP contribution in [0.15, 0.2) is 70.2 Å². The lowest BCUT2D eigenvalue weighted by Crippen LogP contribution is -2.16. The van der Waals surface area contributed by atoms with Crippen LogP contribution in [0, 0.1) is 0 Å². The van der Waals surface area contributed by atoms with Crippen LogP contribution in [0.5, 0.6) is 5.88 Å². The molecule has 0 fully saturated rings. The molecule has 3 aromatic rings. The Hall–Kier alpha value is -3.26. The van der Waals surface area contributed by atoms with Gasteiger partial charge in [0.05, 0.1) is 18.2 Å². The number of hydrogen-bond acceptors (Lipinski definition) is 6. The van der Waals surface area contributed by atoms with Crippen LogP contribution in [0.4, 0.5) is 0 Å². The molecule has 2 aromatic heterocycles. The second kappa shape index (κ2) is 7.53. The van der Waals surface area contributed by atoms with E-state index in [1.807, 2.05) is 13.2 Å². The Morgan fingerprint density at radius 2 is 1.97 bits per heavy atom. The highest BCUT2D eigenvalue weighted by molar-refractivity contribution is 8.16. The lowest BCUT2D eigenvalue weighted by molar-refractivity contribution is 0.292. The molecule has 0 saturated heterocycles. The van der Waals surface area contributed by atoms with Gasteiger partial charge in [0.15, 0.2) is 5.17 Å². The maximum Gasteiger partial charge on any atom is 0.250 e. The maximum absolute atomic E-state index is 11.7. The van der Waals surface area contributed by atoms with Crippen molar-refractivity contribution in [3.63, 3.8) is 0 Å². The van der Waals surface area contributed by atoms with Gasteiger partial charge in [-0.05, 0) is 22.6 Å². The van der Waals surface area contributed by atoms with Gasteiger partial charge in [-0.1, -0.05) is 36.0 Å². The minimum Gasteiger partial charge on any atom is -0.471 e. The van der Waals surface area contributed by atoms with Crippen molar-refractivity contribution >= 4 is 16.9 Å². The molecule has 0 saturated carbocycles. The molecule has 1 unspecified atom stereocenters. The SMILES string of the molecule is Cn1cc(-c2ccc(=O)n(C)c2)c(OCc2ccc(C3CN4C=CSC4=N3)cc2)n1. The Balaban J connectivity index is 1.29. The van der Waals surface area contributed by atoms with Gasteiger partial charge in [-0.15, -0.1) is 5.10 Å². The molecule has 30 heavy (non-hydrogen) atoms. The summed E-state index contributed by atoms with van der Waals surface area (Å²) in [4.78, 5) is 18.6. The summed E-state index contributed by atoms with van der Waals surface area (Å²) in [6.45, 7) is 1.31. The van der Waals surface area contributed by atoms with Crippen molar-refractivity contribution < 1.29 is 4.74 Å². The second-order valence-electron chi connectivity index (χ2n) is 7.40. The van der Waals surface area contributed by atoms with Gasteiger partial charge < -0.3 is 14.2 Å². The normalized spacial score (nSPS) is 17.3. The van der Waals surface area contributed by atoms with E-state index in [2.05, 4.69) is 45.9 Å². The quantitative estimate of drug-likeness (QED) is 0.635. The molecule has 1 aromatic carbocycles. The van der Waals surface area contributed by atoms with Gasteiger partial charge in [0.1, 0.15) is 6.61 Å². The van der Waals surface area contributed by atoms with Crippen molar-refractivity contribution in [2.45, 2.75) is 12.6 Å². The summed E-state index contributed by atoms with van der Waals surface area (Å²) in [5.74, 6) is 0.548. The number of aryl methyl sites for hydroxylation is 2. The predicted molar refractivity (Wildman–Crippen MR) is 118 cm³/mol. The van der Waals surface area contributed by atoms with Crippen molar-refractivity contribution in [3.05, 3.63) is 81.9 Å².